The molecule has 0 unspecified atom stereocenters. The number of benzene rings is 2. The number of allylic oxidation sites excluding steroid dienone is 4. The Kier molecular flexibility index (Phi) is 5.97. The molecule has 0 radical (unpaired) electrons. The van der Waals surface area contributed by atoms with Crippen LogP contribution in [-0.4, -0.2) is 10.1 Å². The zero-order valence-corrected chi connectivity index (χ0v) is 18.9. The first kappa shape index (κ1) is 21.3. The van der Waals surface area contributed by atoms with E-state index in [1.54, 1.807) is 6.26 Å². The second-order valence-electron chi connectivity index (χ2n) is 9.05. The number of rotatable bonds is 6. The number of aromatic nitrogens is 1. The van der Waals surface area contributed by atoms with Gasteiger partial charge >= 0.3 is 0 Å². The van der Waals surface area contributed by atoms with Crippen LogP contribution in [0.25, 0.3) is 5.57 Å². The van der Waals surface area contributed by atoms with Crippen molar-refractivity contribution >= 4 is 5.57 Å². The second-order valence-corrected chi connectivity index (χ2v) is 9.05. The summed E-state index contributed by atoms with van der Waals surface area (Å²) in [6, 6.07) is 12.9. The van der Waals surface area contributed by atoms with Crippen LogP contribution in [0, 0.1) is 27.7 Å². The van der Waals surface area contributed by atoms with Crippen LogP contribution in [0.3, 0.4) is 0 Å². The standard InChI is InChI=1S/C28H31NO2/c1-19-10-20(2)13-23(12-19)16-28(30,17-24-14-21(3)11-22(4)15-24)26-18-31-27(29-26)25-8-6-5-7-9-25/h6,8-15,18,30H,5,7,16-17H2,1-4H3. The van der Waals surface area contributed by atoms with Gasteiger partial charge in [-0.25, -0.2) is 4.98 Å². The van der Waals surface area contributed by atoms with E-state index in [2.05, 4.69) is 76.2 Å². The molecule has 4 rings (SSSR count). The molecule has 0 fully saturated rings. The van der Waals surface area contributed by atoms with Gasteiger partial charge in [0.2, 0.25) is 5.89 Å². The van der Waals surface area contributed by atoms with E-state index in [1.807, 2.05) is 6.08 Å². The summed E-state index contributed by atoms with van der Waals surface area (Å²) in [4.78, 5) is 4.75. The third kappa shape index (κ3) is 5.05. The Hall–Kier alpha value is -2.91. The number of oxazole rings is 1. The molecule has 0 amide bonds. The van der Waals surface area contributed by atoms with Gasteiger partial charge in [0, 0.05) is 18.4 Å². The maximum absolute atomic E-state index is 12.0. The van der Waals surface area contributed by atoms with Crippen molar-refractivity contribution in [3.63, 3.8) is 0 Å². The summed E-state index contributed by atoms with van der Waals surface area (Å²) in [6.07, 6.45) is 10.9. The monoisotopic (exact) mass is 413 g/mol. The predicted molar refractivity (Wildman–Crippen MR) is 126 cm³/mol. The summed E-state index contributed by atoms with van der Waals surface area (Å²) >= 11 is 0. The molecule has 1 N–H and O–H groups in total. The van der Waals surface area contributed by atoms with Gasteiger partial charge in [0.25, 0.3) is 0 Å². The van der Waals surface area contributed by atoms with E-state index in [0.717, 1.165) is 29.5 Å². The molecular weight excluding hydrogens is 382 g/mol. The van der Waals surface area contributed by atoms with E-state index < -0.39 is 5.60 Å². The van der Waals surface area contributed by atoms with Crippen molar-refractivity contribution in [1.29, 1.82) is 0 Å². The van der Waals surface area contributed by atoms with Crippen molar-refractivity contribution in [3.8, 4) is 0 Å². The lowest BCUT2D eigenvalue weighted by Gasteiger charge is -2.27. The topological polar surface area (TPSA) is 46.3 Å². The molecule has 0 atom stereocenters. The molecular formula is C28H31NO2. The highest BCUT2D eigenvalue weighted by Crippen LogP contribution is 2.32. The average molecular weight is 414 g/mol. The Labute approximate surface area is 185 Å². The first-order valence-electron chi connectivity index (χ1n) is 11.0. The fourth-order valence-electron chi connectivity index (χ4n) is 4.65. The molecule has 0 saturated heterocycles. The molecule has 3 aromatic rings. The molecule has 160 valence electrons. The van der Waals surface area contributed by atoms with Crippen molar-refractivity contribution in [2.45, 2.75) is 59.0 Å². The number of aryl methyl sites for hydroxylation is 4. The maximum Gasteiger partial charge on any atom is 0.225 e. The van der Waals surface area contributed by atoms with Crippen LogP contribution in [0.15, 0.2) is 65.3 Å². The fourth-order valence-corrected chi connectivity index (χ4v) is 4.65. The Morgan fingerprint density at radius 1 is 0.839 bits per heavy atom. The second kappa shape index (κ2) is 8.68. The summed E-state index contributed by atoms with van der Waals surface area (Å²) < 4.78 is 5.83. The Morgan fingerprint density at radius 3 is 1.87 bits per heavy atom. The quantitative estimate of drug-likeness (QED) is 0.515. The molecule has 1 aliphatic carbocycles. The normalized spacial score (nSPS) is 14.0. The number of aliphatic hydroxyl groups is 1. The van der Waals surface area contributed by atoms with E-state index in [0.29, 0.717) is 24.4 Å². The molecule has 31 heavy (non-hydrogen) atoms. The van der Waals surface area contributed by atoms with Crippen molar-refractivity contribution in [3.05, 3.63) is 106 Å². The van der Waals surface area contributed by atoms with Gasteiger partial charge in [-0.1, -0.05) is 76.9 Å². The predicted octanol–water partition coefficient (Wildman–Crippen LogP) is 6.31. The minimum Gasteiger partial charge on any atom is -0.444 e. The minimum atomic E-state index is -1.17. The third-order valence-electron chi connectivity index (χ3n) is 5.78. The van der Waals surface area contributed by atoms with Gasteiger partial charge in [0.05, 0.1) is 0 Å². The SMILES string of the molecule is Cc1cc(C)cc(CC(O)(Cc2cc(C)cc(C)c2)c2coc(C3=CCCC=C3)n2)c1. The fraction of sp³-hybridized carbons (Fsp3) is 0.321. The molecule has 0 aliphatic heterocycles. The molecule has 1 aliphatic rings. The van der Waals surface area contributed by atoms with Crippen LogP contribution in [0.4, 0.5) is 0 Å². The van der Waals surface area contributed by atoms with Crippen LogP contribution in [-0.2, 0) is 18.4 Å². The van der Waals surface area contributed by atoms with E-state index >= 15 is 0 Å². The zero-order valence-electron chi connectivity index (χ0n) is 18.9. The third-order valence-corrected chi connectivity index (χ3v) is 5.78. The highest BCUT2D eigenvalue weighted by molar-refractivity contribution is 5.69. The van der Waals surface area contributed by atoms with Crippen molar-refractivity contribution < 1.29 is 9.52 Å². The van der Waals surface area contributed by atoms with Crippen molar-refractivity contribution in [2.24, 2.45) is 0 Å². The summed E-state index contributed by atoms with van der Waals surface area (Å²) in [5.74, 6) is 0.574. The van der Waals surface area contributed by atoms with Crippen LogP contribution in [0.2, 0.25) is 0 Å². The molecule has 3 heteroatoms. The van der Waals surface area contributed by atoms with Crippen molar-refractivity contribution in [1.82, 2.24) is 4.98 Å². The number of hydrogen-bond acceptors (Lipinski definition) is 3. The van der Waals surface area contributed by atoms with Gasteiger partial charge < -0.3 is 9.52 Å². The van der Waals surface area contributed by atoms with Gasteiger partial charge in [-0.05, 0) is 51.7 Å². The van der Waals surface area contributed by atoms with E-state index in [4.69, 9.17) is 9.40 Å². The Balaban J connectivity index is 1.73. The lowest BCUT2D eigenvalue weighted by Crippen LogP contribution is -2.32. The Bertz CT molecular complexity index is 1060. The molecule has 0 bridgehead atoms. The first-order chi connectivity index (χ1) is 14.8. The molecule has 1 heterocycles. The Morgan fingerprint density at radius 2 is 1.39 bits per heavy atom. The number of hydrogen-bond donors (Lipinski definition) is 1. The highest BCUT2D eigenvalue weighted by atomic mass is 16.3. The van der Waals surface area contributed by atoms with Gasteiger partial charge in [0.15, 0.2) is 0 Å². The smallest absolute Gasteiger partial charge is 0.225 e. The first-order valence-corrected chi connectivity index (χ1v) is 11.0. The molecule has 0 spiro atoms. The van der Waals surface area contributed by atoms with Gasteiger partial charge in [-0.3, -0.25) is 0 Å². The van der Waals surface area contributed by atoms with Gasteiger partial charge in [0.1, 0.15) is 17.6 Å². The van der Waals surface area contributed by atoms with Gasteiger partial charge in [-0.2, -0.15) is 0 Å². The van der Waals surface area contributed by atoms with Crippen LogP contribution >= 0.6 is 0 Å². The lowest BCUT2D eigenvalue weighted by molar-refractivity contribution is 0.0325. The van der Waals surface area contributed by atoms with E-state index in [-0.39, 0.29) is 0 Å². The summed E-state index contributed by atoms with van der Waals surface area (Å²) in [5.41, 5.74) is 7.39. The summed E-state index contributed by atoms with van der Waals surface area (Å²) in [6.45, 7) is 8.37. The minimum absolute atomic E-state index is 0.476. The summed E-state index contributed by atoms with van der Waals surface area (Å²) in [5, 5.41) is 12.0. The summed E-state index contributed by atoms with van der Waals surface area (Å²) in [7, 11) is 0. The van der Waals surface area contributed by atoms with Crippen molar-refractivity contribution in [2.75, 3.05) is 0 Å². The van der Waals surface area contributed by atoms with E-state index in [9.17, 15) is 5.11 Å². The van der Waals surface area contributed by atoms with Crippen LogP contribution in [0.1, 0.15) is 57.8 Å². The largest absolute Gasteiger partial charge is 0.444 e. The van der Waals surface area contributed by atoms with E-state index in [1.165, 1.54) is 22.3 Å². The molecule has 0 saturated carbocycles. The molecule has 3 nitrogen and oxygen atoms in total. The average Bonchev–Trinajstić information content (AvgIpc) is 3.18. The van der Waals surface area contributed by atoms with Crippen LogP contribution in [0.5, 0.6) is 0 Å². The van der Waals surface area contributed by atoms with Gasteiger partial charge in [-0.15, -0.1) is 0 Å². The molecule has 1 aromatic heterocycles. The highest BCUT2D eigenvalue weighted by Gasteiger charge is 2.34. The lowest BCUT2D eigenvalue weighted by atomic mass is 9.84. The number of nitrogens with zero attached hydrogens (tertiary/aromatic N) is 1. The maximum atomic E-state index is 12.0. The zero-order chi connectivity index (χ0) is 22.0. The van der Waals surface area contributed by atoms with Crippen LogP contribution < -0.4 is 0 Å². The molecule has 2 aromatic carbocycles.